The number of hydrogen-bond donors (Lipinski definition) is 0. The van der Waals surface area contributed by atoms with Crippen molar-refractivity contribution in [3.8, 4) is 0 Å². The molecule has 0 bridgehead atoms. The van der Waals surface area contributed by atoms with Crippen LogP contribution in [0.4, 0.5) is 5.95 Å². The van der Waals surface area contributed by atoms with E-state index in [1.54, 1.807) is 0 Å². The zero-order valence-electron chi connectivity index (χ0n) is 12.4. The summed E-state index contributed by atoms with van der Waals surface area (Å²) in [5.41, 5.74) is 0. The van der Waals surface area contributed by atoms with Crippen LogP contribution in [0.25, 0.3) is 0 Å². The van der Waals surface area contributed by atoms with Crippen molar-refractivity contribution in [2.24, 2.45) is 5.92 Å². The van der Waals surface area contributed by atoms with Crippen LogP contribution in [0.5, 0.6) is 0 Å². The summed E-state index contributed by atoms with van der Waals surface area (Å²) in [7, 11) is 0. The van der Waals surface area contributed by atoms with Gasteiger partial charge in [0.15, 0.2) is 0 Å². The van der Waals surface area contributed by atoms with Crippen LogP contribution in [0.2, 0.25) is 0 Å². The van der Waals surface area contributed by atoms with Crippen molar-refractivity contribution in [3.05, 3.63) is 18.5 Å². The van der Waals surface area contributed by atoms with Gasteiger partial charge in [-0.1, -0.05) is 0 Å². The van der Waals surface area contributed by atoms with Gasteiger partial charge in [0, 0.05) is 25.5 Å². The molecule has 1 aromatic rings. The second-order valence-electron chi connectivity index (χ2n) is 6.17. The molecule has 0 unspecified atom stereocenters. The molecule has 0 radical (unpaired) electrons. The lowest BCUT2D eigenvalue weighted by Crippen LogP contribution is -2.35. The summed E-state index contributed by atoms with van der Waals surface area (Å²) in [5, 5.41) is 0. The van der Waals surface area contributed by atoms with Crippen LogP contribution in [-0.2, 0) is 0 Å². The highest BCUT2D eigenvalue weighted by molar-refractivity contribution is 5.28. The third-order valence-electron chi connectivity index (χ3n) is 4.73. The molecule has 0 saturated carbocycles. The molecule has 20 heavy (non-hydrogen) atoms. The van der Waals surface area contributed by atoms with Gasteiger partial charge in [0.1, 0.15) is 0 Å². The maximum absolute atomic E-state index is 4.35. The van der Waals surface area contributed by atoms with Crippen LogP contribution in [0.3, 0.4) is 0 Å². The maximum atomic E-state index is 4.35. The van der Waals surface area contributed by atoms with Crippen LogP contribution < -0.4 is 4.90 Å². The van der Waals surface area contributed by atoms with Gasteiger partial charge in [0.2, 0.25) is 5.95 Å². The minimum atomic E-state index is 0.906. The van der Waals surface area contributed by atoms with E-state index in [1.807, 2.05) is 18.5 Å². The fourth-order valence-electron chi connectivity index (χ4n) is 3.49. The smallest absolute Gasteiger partial charge is 0.225 e. The highest BCUT2D eigenvalue weighted by Crippen LogP contribution is 2.24. The lowest BCUT2D eigenvalue weighted by molar-refractivity contribution is 0.299. The van der Waals surface area contributed by atoms with Crippen LogP contribution in [0.1, 0.15) is 38.5 Å². The van der Waals surface area contributed by atoms with E-state index < -0.39 is 0 Å². The Bertz CT molecular complexity index is 381. The second kappa shape index (κ2) is 7.02. The molecule has 0 spiro atoms. The molecule has 110 valence electrons. The Kier molecular flexibility index (Phi) is 4.85. The Labute approximate surface area is 122 Å². The van der Waals surface area contributed by atoms with E-state index in [-0.39, 0.29) is 0 Å². The molecule has 0 atom stereocenters. The number of aromatic nitrogens is 2. The first-order chi connectivity index (χ1) is 9.92. The maximum Gasteiger partial charge on any atom is 0.225 e. The topological polar surface area (TPSA) is 32.3 Å². The second-order valence-corrected chi connectivity index (χ2v) is 6.17. The molecule has 0 N–H and O–H groups in total. The van der Waals surface area contributed by atoms with E-state index >= 15 is 0 Å². The molecule has 3 rings (SSSR count). The first kappa shape index (κ1) is 13.8. The fourth-order valence-corrected chi connectivity index (χ4v) is 3.49. The van der Waals surface area contributed by atoms with Crippen LogP contribution in [-0.4, -0.2) is 47.6 Å². The van der Waals surface area contributed by atoms with Gasteiger partial charge in [-0.15, -0.1) is 0 Å². The largest absolute Gasteiger partial charge is 0.341 e. The molecule has 0 aromatic carbocycles. The molecule has 2 saturated heterocycles. The summed E-state index contributed by atoms with van der Waals surface area (Å²) in [6.45, 7) is 6.24. The number of piperidine rings is 1. The Balaban J connectivity index is 1.36. The zero-order valence-corrected chi connectivity index (χ0v) is 12.4. The Morgan fingerprint density at radius 3 is 2.40 bits per heavy atom. The fraction of sp³-hybridized carbons (Fsp3) is 0.750. The SMILES string of the molecule is c1cnc(N2CCC(CCCN3CCCC3)CC2)nc1. The predicted octanol–water partition coefficient (Wildman–Crippen LogP) is 2.57. The van der Waals surface area contributed by atoms with Gasteiger partial charge in [0.25, 0.3) is 0 Å². The molecule has 3 heterocycles. The monoisotopic (exact) mass is 274 g/mol. The quantitative estimate of drug-likeness (QED) is 0.826. The molecular formula is C16H26N4. The first-order valence-corrected chi connectivity index (χ1v) is 8.16. The van der Waals surface area contributed by atoms with Gasteiger partial charge in [0.05, 0.1) is 0 Å². The number of anilines is 1. The van der Waals surface area contributed by atoms with E-state index in [9.17, 15) is 0 Å². The summed E-state index contributed by atoms with van der Waals surface area (Å²) in [6.07, 6.45) is 11.9. The van der Waals surface area contributed by atoms with Gasteiger partial charge in [-0.3, -0.25) is 0 Å². The van der Waals surface area contributed by atoms with Crippen LogP contribution >= 0.6 is 0 Å². The molecule has 2 aliphatic rings. The van der Waals surface area contributed by atoms with Gasteiger partial charge >= 0.3 is 0 Å². The van der Waals surface area contributed by atoms with Gasteiger partial charge in [-0.25, -0.2) is 9.97 Å². The van der Waals surface area contributed by atoms with E-state index in [0.29, 0.717) is 0 Å². The summed E-state index contributed by atoms with van der Waals surface area (Å²) in [6, 6.07) is 1.88. The van der Waals surface area contributed by atoms with Crippen molar-refractivity contribution in [2.75, 3.05) is 37.6 Å². The lowest BCUT2D eigenvalue weighted by Gasteiger charge is -2.32. The normalized spacial score (nSPS) is 21.5. The minimum absolute atomic E-state index is 0.906. The summed E-state index contributed by atoms with van der Waals surface area (Å²) in [5.74, 6) is 1.82. The van der Waals surface area contributed by atoms with Crippen molar-refractivity contribution < 1.29 is 0 Å². The number of likely N-dealkylation sites (tertiary alicyclic amines) is 1. The summed E-state index contributed by atoms with van der Waals surface area (Å²) < 4.78 is 0. The van der Waals surface area contributed by atoms with E-state index in [0.717, 1.165) is 25.0 Å². The lowest BCUT2D eigenvalue weighted by atomic mass is 9.92. The standard InChI is InChI=1S/C16H26N4/c1-2-11-19(10-1)12-3-5-15-6-13-20(14-7-15)16-17-8-4-9-18-16/h4,8-9,15H,1-3,5-7,10-14H2. The van der Waals surface area contributed by atoms with Crippen molar-refractivity contribution in [1.29, 1.82) is 0 Å². The minimum Gasteiger partial charge on any atom is -0.341 e. The predicted molar refractivity (Wildman–Crippen MR) is 81.9 cm³/mol. The first-order valence-electron chi connectivity index (χ1n) is 8.16. The van der Waals surface area contributed by atoms with Crippen molar-refractivity contribution >= 4 is 5.95 Å². The summed E-state index contributed by atoms with van der Waals surface area (Å²) in [4.78, 5) is 13.7. The Hall–Kier alpha value is -1.16. The van der Waals surface area contributed by atoms with Gasteiger partial charge in [-0.05, 0) is 70.1 Å². The Morgan fingerprint density at radius 2 is 1.70 bits per heavy atom. The van der Waals surface area contributed by atoms with E-state index in [2.05, 4.69) is 19.8 Å². The third kappa shape index (κ3) is 3.69. The average molecular weight is 274 g/mol. The molecular weight excluding hydrogens is 248 g/mol. The number of hydrogen-bond acceptors (Lipinski definition) is 4. The molecule has 4 nitrogen and oxygen atoms in total. The average Bonchev–Trinajstić information content (AvgIpc) is 3.02. The number of nitrogens with zero attached hydrogens (tertiary/aromatic N) is 4. The highest BCUT2D eigenvalue weighted by Gasteiger charge is 2.21. The molecule has 4 heteroatoms. The molecule has 2 fully saturated rings. The number of rotatable bonds is 5. The van der Waals surface area contributed by atoms with E-state index in [1.165, 1.54) is 58.2 Å². The van der Waals surface area contributed by atoms with Crippen molar-refractivity contribution in [2.45, 2.75) is 38.5 Å². The zero-order chi connectivity index (χ0) is 13.6. The van der Waals surface area contributed by atoms with Gasteiger partial charge < -0.3 is 9.80 Å². The summed E-state index contributed by atoms with van der Waals surface area (Å²) >= 11 is 0. The molecule has 2 aliphatic heterocycles. The van der Waals surface area contributed by atoms with Crippen molar-refractivity contribution in [3.63, 3.8) is 0 Å². The Morgan fingerprint density at radius 1 is 1.00 bits per heavy atom. The molecule has 0 amide bonds. The van der Waals surface area contributed by atoms with Gasteiger partial charge in [-0.2, -0.15) is 0 Å². The molecule has 1 aromatic heterocycles. The van der Waals surface area contributed by atoms with E-state index in [4.69, 9.17) is 0 Å². The van der Waals surface area contributed by atoms with Crippen LogP contribution in [0, 0.1) is 5.92 Å². The van der Waals surface area contributed by atoms with Crippen LogP contribution in [0.15, 0.2) is 18.5 Å². The molecule has 0 aliphatic carbocycles. The van der Waals surface area contributed by atoms with Crippen molar-refractivity contribution in [1.82, 2.24) is 14.9 Å². The highest BCUT2D eigenvalue weighted by atomic mass is 15.2. The third-order valence-corrected chi connectivity index (χ3v) is 4.73.